The van der Waals surface area contributed by atoms with Gasteiger partial charge in [0.2, 0.25) is 0 Å². The summed E-state index contributed by atoms with van der Waals surface area (Å²) in [7, 11) is 0. The summed E-state index contributed by atoms with van der Waals surface area (Å²) >= 11 is 0. The van der Waals surface area contributed by atoms with Crippen LogP contribution < -0.4 is 14.4 Å². The number of hydrogen-bond acceptors (Lipinski definition) is 6. The van der Waals surface area contributed by atoms with Gasteiger partial charge in [-0.15, -0.1) is 0 Å². The molecule has 0 saturated carbocycles. The fraction of sp³-hybridized carbons (Fsp3) is 0.259. The quantitative estimate of drug-likeness (QED) is 0.291. The zero-order chi connectivity index (χ0) is 23.8. The minimum Gasteiger partial charge on any atom is -0.494 e. The summed E-state index contributed by atoms with van der Waals surface area (Å²) in [5.41, 5.74) is 2.61. The van der Waals surface area contributed by atoms with Crippen LogP contribution in [0.1, 0.15) is 18.9 Å². The SMILES string of the molecule is CC(Oc1cccc(CCN(CCCOc2ccccc2)c2nc3ccccc3o2)c1)C(=O)O. The second-order valence-electron chi connectivity index (χ2n) is 7.96. The molecular weight excluding hydrogens is 432 g/mol. The minimum atomic E-state index is -0.995. The van der Waals surface area contributed by atoms with Gasteiger partial charge in [-0.05, 0) is 61.7 Å². The van der Waals surface area contributed by atoms with E-state index in [0.29, 0.717) is 31.5 Å². The van der Waals surface area contributed by atoms with Crippen molar-refractivity contribution in [1.29, 1.82) is 0 Å². The molecule has 4 aromatic rings. The number of nitrogens with zero attached hydrogens (tertiary/aromatic N) is 2. The van der Waals surface area contributed by atoms with Crippen molar-refractivity contribution < 1.29 is 23.8 Å². The molecule has 1 heterocycles. The number of ether oxygens (including phenoxy) is 2. The number of rotatable bonds is 12. The van der Waals surface area contributed by atoms with E-state index < -0.39 is 12.1 Å². The second kappa shape index (κ2) is 11.2. The Hall–Kier alpha value is -4.00. The summed E-state index contributed by atoms with van der Waals surface area (Å²) in [4.78, 5) is 17.9. The lowest BCUT2D eigenvalue weighted by Crippen LogP contribution is -2.28. The molecule has 0 fully saturated rings. The monoisotopic (exact) mass is 460 g/mol. The molecule has 0 saturated heterocycles. The van der Waals surface area contributed by atoms with Crippen LogP contribution in [-0.4, -0.2) is 41.9 Å². The lowest BCUT2D eigenvalue weighted by Gasteiger charge is -2.21. The van der Waals surface area contributed by atoms with Crippen molar-refractivity contribution >= 4 is 23.1 Å². The van der Waals surface area contributed by atoms with E-state index in [4.69, 9.17) is 19.0 Å². The van der Waals surface area contributed by atoms with Crippen LogP contribution in [0.15, 0.2) is 83.3 Å². The van der Waals surface area contributed by atoms with Crippen molar-refractivity contribution in [3.05, 3.63) is 84.4 Å². The average Bonchev–Trinajstić information content (AvgIpc) is 3.28. The van der Waals surface area contributed by atoms with Gasteiger partial charge in [0, 0.05) is 13.1 Å². The average molecular weight is 461 g/mol. The Morgan fingerprint density at radius 3 is 2.56 bits per heavy atom. The normalized spacial score (nSPS) is 11.8. The number of benzene rings is 3. The number of aliphatic carboxylic acids is 1. The third kappa shape index (κ3) is 6.28. The highest BCUT2D eigenvalue weighted by atomic mass is 16.5. The summed E-state index contributed by atoms with van der Waals surface area (Å²) in [6.07, 6.45) is 0.611. The lowest BCUT2D eigenvalue weighted by atomic mass is 10.1. The predicted octanol–water partition coefficient (Wildman–Crippen LogP) is 5.20. The number of aromatic nitrogens is 1. The van der Waals surface area contributed by atoms with Gasteiger partial charge in [0.1, 0.15) is 17.0 Å². The number of oxazole rings is 1. The van der Waals surface area contributed by atoms with Gasteiger partial charge < -0.3 is 23.9 Å². The first-order valence-electron chi connectivity index (χ1n) is 11.4. The van der Waals surface area contributed by atoms with Crippen LogP contribution in [0.4, 0.5) is 6.01 Å². The highest BCUT2D eigenvalue weighted by Gasteiger charge is 2.15. The highest BCUT2D eigenvalue weighted by molar-refractivity contribution is 5.74. The van der Waals surface area contributed by atoms with Crippen LogP contribution in [0.3, 0.4) is 0 Å². The molecule has 1 aromatic heterocycles. The van der Waals surface area contributed by atoms with Gasteiger partial charge in [0.05, 0.1) is 6.61 Å². The topological polar surface area (TPSA) is 85.0 Å². The molecule has 0 aliphatic carbocycles. The van der Waals surface area contributed by atoms with E-state index in [1.54, 1.807) is 6.07 Å². The van der Waals surface area contributed by atoms with Crippen molar-refractivity contribution in [3.8, 4) is 11.5 Å². The third-order valence-electron chi connectivity index (χ3n) is 5.37. The Morgan fingerprint density at radius 2 is 1.76 bits per heavy atom. The lowest BCUT2D eigenvalue weighted by molar-refractivity contribution is -0.144. The third-order valence-corrected chi connectivity index (χ3v) is 5.37. The van der Waals surface area contributed by atoms with E-state index in [2.05, 4.69) is 9.88 Å². The molecule has 1 atom stereocenters. The van der Waals surface area contributed by atoms with E-state index in [1.165, 1.54) is 6.92 Å². The van der Waals surface area contributed by atoms with Crippen LogP contribution in [-0.2, 0) is 11.2 Å². The van der Waals surface area contributed by atoms with Crippen molar-refractivity contribution in [2.45, 2.75) is 25.9 Å². The highest BCUT2D eigenvalue weighted by Crippen LogP contribution is 2.23. The number of carbonyl (C=O) groups is 1. The number of carboxylic acids is 1. The molecule has 1 N–H and O–H groups in total. The second-order valence-corrected chi connectivity index (χ2v) is 7.96. The maximum atomic E-state index is 11.1. The Balaban J connectivity index is 1.42. The van der Waals surface area contributed by atoms with Crippen LogP contribution in [0.5, 0.6) is 11.5 Å². The van der Waals surface area contributed by atoms with Crippen molar-refractivity contribution in [1.82, 2.24) is 4.98 Å². The molecule has 0 bridgehead atoms. The molecule has 3 aromatic carbocycles. The van der Waals surface area contributed by atoms with E-state index in [0.717, 1.165) is 35.3 Å². The van der Waals surface area contributed by atoms with Crippen LogP contribution in [0.25, 0.3) is 11.1 Å². The largest absolute Gasteiger partial charge is 0.494 e. The van der Waals surface area contributed by atoms with E-state index in [9.17, 15) is 4.79 Å². The molecule has 0 spiro atoms. The van der Waals surface area contributed by atoms with Gasteiger partial charge in [-0.25, -0.2) is 4.79 Å². The van der Waals surface area contributed by atoms with Gasteiger partial charge in [-0.3, -0.25) is 0 Å². The molecule has 34 heavy (non-hydrogen) atoms. The van der Waals surface area contributed by atoms with Crippen LogP contribution in [0, 0.1) is 0 Å². The summed E-state index contributed by atoms with van der Waals surface area (Å²) < 4.78 is 17.4. The molecule has 0 aliphatic heterocycles. The first-order valence-corrected chi connectivity index (χ1v) is 11.4. The summed E-state index contributed by atoms with van der Waals surface area (Å²) in [6.45, 7) is 3.49. The Morgan fingerprint density at radius 1 is 1.00 bits per heavy atom. The fourth-order valence-corrected chi connectivity index (χ4v) is 3.55. The van der Waals surface area contributed by atoms with Crippen molar-refractivity contribution in [2.75, 3.05) is 24.6 Å². The zero-order valence-electron chi connectivity index (χ0n) is 19.1. The predicted molar refractivity (Wildman–Crippen MR) is 131 cm³/mol. The number of carboxylic acid groups (broad SMARTS) is 1. The molecular formula is C27H28N2O5. The maximum Gasteiger partial charge on any atom is 0.344 e. The van der Waals surface area contributed by atoms with Crippen molar-refractivity contribution in [2.24, 2.45) is 0 Å². The molecule has 0 amide bonds. The molecule has 7 heteroatoms. The minimum absolute atomic E-state index is 0.539. The molecule has 0 aliphatic rings. The molecule has 0 radical (unpaired) electrons. The van der Waals surface area contributed by atoms with Gasteiger partial charge in [-0.2, -0.15) is 4.98 Å². The van der Waals surface area contributed by atoms with Crippen molar-refractivity contribution in [3.63, 3.8) is 0 Å². The summed E-state index contributed by atoms with van der Waals surface area (Å²) in [6, 6.07) is 25.6. The standard InChI is InChI=1S/C27H28N2O5/c1-20(26(30)31)33-23-12-7-9-21(19-23)15-17-29(16-8-18-32-22-10-3-2-4-11-22)27-28-24-13-5-6-14-25(24)34-27/h2-7,9-14,19-20H,8,15-18H2,1H3,(H,30,31). The maximum absolute atomic E-state index is 11.1. The Bertz CT molecular complexity index is 1170. The Kier molecular flexibility index (Phi) is 7.65. The molecule has 7 nitrogen and oxygen atoms in total. The van der Waals surface area contributed by atoms with E-state index in [-0.39, 0.29) is 0 Å². The van der Waals surface area contributed by atoms with E-state index >= 15 is 0 Å². The van der Waals surface area contributed by atoms with Gasteiger partial charge in [0.25, 0.3) is 6.01 Å². The summed E-state index contributed by atoms with van der Waals surface area (Å²) in [5.74, 6) is 0.394. The first kappa shape index (κ1) is 23.2. The molecule has 4 rings (SSSR count). The van der Waals surface area contributed by atoms with Gasteiger partial charge >= 0.3 is 5.97 Å². The molecule has 1 unspecified atom stereocenters. The molecule has 176 valence electrons. The number of hydrogen-bond donors (Lipinski definition) is 1. The summed E-state index contributed by atoms with van der Waals surface area (Å²) in [5, 5.41) is 9.09. The van der Waals surface area contributed by atoms with Crippen LogP contribution in [0.2, 0.25) is 0 Å². The van der Waals surface area contributed by atoms with Gasteiger partial charge in [0.15, 0.2) is 11.7 Å². The number of anilines is 1. The Labute approximate surface area is 198 Å². The number of para-hydroxylation sites is 3. The smallest absolute Gasteiger partial charge is 0.344 e. The van der Waals surface area contributed by atoms with Gasteiger partial charge in [-0.1, -0.05) is 42.5 Å². The van der Waals surface area contributed by atoms with Crippen LogP contribution >= 0.6 is 0 Å². The van der Waals surface area contributed by atoms with E-state index in [1.807, 2.05) is 72.8 Å². The zero-order valence-corrected chi connectivity index (χ0v) is 19.1. The number of fused-ring (bicyclic) bond motifs is 1. The first-order chi connectivity index (χ1) is 16.6. The fourth-order valence-electron chi connectivity index (χ4n) is 3.55.